The van der Waals surface area contributed by atoms with Gasteiger partial charge < -0.3 is 5.32 Å². The van der Waals surface area contributed by atoms with Crippen LogP contribution in [0.25, 0.3) is 0 Å². The van der Waals surface area contributed by atoms with Gasteiger partial charge in [-0.1, -0.05) is 50.5 Å². The standard InChI is InChI=1S/C12H24BrNO/c1-9(12(3,4)5)8-11(15)14-7-6-10(2)13/h9-10H,6-8H2,1-5H3,(H,14,15). The Balaban J connectivity index is 3.75. The Kier molecular flexibility index (Phi) is 6.49. The second-order valence-corrected chi connectivity index (χ2v) is 6.95. The monoisotopic (exact) mass is 277 g/mol. The van der Waals surface area contributed by atoms with Crippen molar-refractivity contribution in [3.05, 3.63) is 0 Å². The molecule has 1 amide bonds. The van der Waals surface area contributed by atoms with Gasteiger partial charge in [0, 0.05) is 17.8 Å². The summed E-state index contributed by atoms with van der Waals surface area (Å²) in [6.45, 7) is 11.5. The SMILES string of the molecule is CC(Br)CCNC(=O)CC(C)C(C)(C)C. The summed E-state index contributed by atoms with van der Waals surface area (Å²) < 4.78 is 0. The summed E-state index contributed by atoms with van der Waals surface area (Å²) in [6.07, 6.45) is 1.61. The summed E-state index contributed by atoms with van der Waals surface area (Å²) in [4.78, 5) is 12.0. The molecule has 15 heavy (non-hydrogen) atoms. The van der Waals surface area contributed by atoms with Gasteiger partial charge in [-0.2, -0.15) is 0 Å². The smallest absolute Gasteiger partial charge is 0.220 e. The molecule has 0 saturated carbocycles. The molecular formula is C12H24BrNO. The van der Waals surface area contributed by atoms with Crippen LogP contribution in [0.1, 0.15) is 47.5 Å². The second-order valence-electron chi connectivity index (χ2n) is 5.39. The van der Waals surface area contributed by atoms with Crippen molar-refractivity contribution in [3.8, 4) is 0 Å². The quantitative estimate of drug-likeness (QED) is 0.768. The fourth-order valence-corrected chi connectivity index (χ4v) is 1.30. The zero-order valence-electron chi connectivity index (χ0n) is 10.6. The van der Waals surface area contributed by atoms with Gasteiger partial charge in [-0.05, 0) is 17.8 Å². The molecule has 0 aliphatic heterocycles. The number of carbonyl (C=O) groups is 1. The van der Waals surface area contributed by atoms with Gasteiger partial charge in [0.05, 0.1) is 0 Å². The molecule has 3 heteroatoms. The number of hydrogen-bond donors (Lipinski definition) is 1. The summed E-state index contributed by atoms with van der Waals surface area (Å²) >= 11 is 3.46. The van der Waals surface area contributed by atoms with Crippen LogP contribution < -0.4 is 5.32 Å². The number of hydrogen-bond acceptors (Lipinski definition) is 1. The highest BCUT2D eigenvalue weighted by atomic mass is 79.9. The molecule has 90 valence electrons. The minimum Gasteiger partial charge on any atom is -0.356 e. The summed E-state index contributed by atoms with van der Waals surface area (Å²) in [5.74, 6) is 0.587. The zero-order chi connectivity index (χ0) is 12.1. The van der Waals surface area contributed by atoms with Crippen LogP contribution in [-0.4, -0.2) is 17.3 Å². The Morgan fingerprint density at radius 2 is 1.87 bits per heavy atom. The topological polar surface area (TPSA) is 29.1 Å². The molecule has 1 N–H and O–H groups in total. The van der Waals surface area contributed by atoms with Crippen LogP contribution in [0.5, 0.6) is 0 Å². The van der Waals surface area contributed by atoms with Gasteiger partial charge in [-0.25, -0.2) is 0 Å². The van der Waals surface area contributed by atoms with E-state index in [4.69, 9.17) is 0 Å². The average Bonchev–Trinajstić information content (AvgIpc) is 2.01. The number of carbonyl (C=O) groups excluding carboxylic acids is 1. The highest BCUT2D eigenvalue weighted by Gasteiger charge is 2.22. The van der Waals surface area contributed by atoms with Crippen LogP contribution in [0.3, 0.4) is 0 Å². The maximum absolute atomic E-state index is 11.6. The molecule has 0 spiro atoms. The Morgan fingerprint density at radius 3 is 2.27 bits per heavy atom. The molecule has 0 saturated heterocycles. The molecule has 2 nitrogen and oxygen atoms in total. The molecule has 0 aromatic rings. The molecule has 0 aromatic carbocycles. The third kappa shape index (κ3) is 7.83. The molecular weight excluding hydrogens is 254 g/mol. The molecule has 0 aromatic heterocycles. The number of halogens is 1. The molecule has 0 fully saturated rings. The van der Waals surface area contributed by atoms with Gasteiger partial charge in [0.25, 0.3) is 0 Å². The van der Waals surface area contributed by atoms with Crippen molar-refractivity contribution < 1.29 is 4.79 Å². The fourth-order valence-electron chi connectivity index (χ4n) is 1.07. The molecule has 0 bridgehead atoms. The zero-order valence-corrected chi connectivity index (χ0v) is 12.1. The summed E-state index contributed by atoms with van der Waals surface area (Å²) in [5, 5.41) is 2.95. The first-order valence-electron chi connectivity index (χ1n) is 5.64. The van der Waals surface area contributed by atoms with E-state index in [1.54, 1.807) is 0 Å². The van der Waals surface area contributed by atoms with Crippen molar-refractivity contribution in [1.82, 2.24) is 5.32 Å². The summed E-state index contributed by atoms with van der Waals surface area (Å²) in [6, 6.07) is 0. The number of rotatable bonds is 5. The van der Waals surface area contributed by atoms with E-state index in [0.717, 1.165) is 13.0 Å². The van der Waals surface area contributed by atoms with E-state index in [-0.39, 0.29) is 11.3 Å². The lowest BCUT2D eigenvalue weighted by molar-refractivity contribution is -0.122. The Hall–Kier alpha value is -0.0500. The van der Waals surface area contributed by atoms with E-state index >= 15 is 0 Å². The van der Waals surface area contributed by atoms with Crippen LogP contribution in [0.2, 0.25) is 0 Å². The van der Waals surface area contributed by atoms with Gasteiger partial charge in [0.1, 0.15) is 0 Å². The molecule has 2 atom stereocenters. The van der Waals surface area contributed by atoms with Gasteiger partial charge >= 0.3 is 0 Å². The summed E-state index contributed by atoms with van der Waals surface area (Å²) in [7, 11) is 0. The maximum Gasteiger partial charge on any atom is 0.220 e. The normalized spacial score (nSPS) is 15.9. The summed E-state index contributed by atoms with van der Waals surface area (Å²) in [5.41, 5.74) is 0.208. The highest BCUT2D eigenvalue weighted by Crippen LogP contribution is 2.27. The van der Waals surface area contributed by atoms with Gasteiger partial charge in [0.15, 0.2) is 0 Å². The van der Waals surface area contributed by atoms with Crippen LogP contribution in [0.15, 0.2) is 0 Å². The van der Waals surface area contributed by atoms with Gasteiger partial charge in [-0.15, -0.1) is 0 Å². The first kappa shape index (κ1) is 14.9. The molecule has 0 aliphatic rings. The lowest BCUT2D eigenvalue weighted by Gasteiger charge is -2.26. The molecule has 0 radical (unpaired) electrons. The van der Waals surface area contributed by atoms with Crippen molar-refractivity contribution in [2.75, 3.05) is 6.54 Å². The Morgan fingerprint density at radius 1 is 1.33 bits per heavy atom. The van der Waals surface area contributed by atoms with Crippen molar-refractivity contribution >= 4 is 21.8 Å². The lowest BCUT2D eigenvalue weighted by Crippen LogP contribution is -2.30. The first-order valence-corrected chi connectivity index (χ1v) is 6.55. The number of nitrogens with one attached hydrogen (secondary N) is 1. The second kappa shape index (κ2) is 6.51. The Bertz CT molecular complexity index is 196. The van der Waals surface area contributed by atoms with Crippen LogP contribution in [0.4, 0.5) is 0 Å². The van der Waals surface area contributed by atoms with Crippen LogP contribution >= 0.6 is 15.9 Å². The lowest BCUT2D eigenvalue weighted by atomic mass is 9.80. The van der Waals surface area contributed by atoms with E-state index < -0.39 is 0 Å². The number of alkyl halides is 1. The van der Waals surface area contributed by atoms with Crippen molar-refractivity contribution in [2.24, 2.45) is 11.3 Å². The van der Waals surface area contributed by atoms with E-state index in [0.29, 0.717) is 17.2 Å². The third-order valence-electron chi connectivity index (χ3n) is 2.83. The van der Waals surface area contributed by atoms with Crippen molar-refractivity contribution in [1.29, 1.82) is 0 Å². The molecule has 0 aliphatic carbocycles. The molecule has 0 heterocycles. The van der Waals surface area contributed by atoms with E-state index in [2.05, 4.69) is 55.9 Å². The maximum atomic E-state index is 11.6. The largest absolute Gasteiger partial charge is 0.356 e. The minimum atomic E-state index is 0.172. The van der Waals surface area contributed by atoms with Crippen molar-refractivity contribution in [2.45, 2.75) is 52.3 Å². The van der Waals surface area contributed by atoms with E-state index in [1.807, 2.05) is 0 Å². The van der Waals surface area contributed by atoms with E-state index in [9.17, 15) is 4.79 Å². The predicted octanol–water partition coefficient (Wildman–Crippen LogP) is 3.35. The average molecular weight is 278 g/mol. The predicted molar refractivity (Wildman–Crippen MR) is 69.3 cm³/mol. The molecule has 2 unspecified atom stereocenters. The van der Waals surface area contributed by atoms with Gasteiger partial charge in [0.2, 0.25) is 5.91 Å². The third-order valence-corrected chi connectivity index (χ3v) is 3.29. The van der Waals surface area contributed by atoms with Crippen molar-refractivity contribution in [3.63, 3.8) is 0 Å². The van der Waals surface area contributed by atoms with Crippen LogP contribution in [-0.2, 0) is 4.79 Å². The molecule has 0 rings (SSSR count). The first-order chi connectivity index (χ1) is 6.73. The van der Waals surface area contributed by atoms with E-state index in [1.165, 1.54) is 0 Å². The Labute approximate surface area is 102 Å². The number of amides is 1. The fraction of sp³-hybridized carbons (Fsp3) is 0.917. The van der Waals surface area contributed by atoms with Gasteiger partial charge in [-0.3, -0.25) is 4.79 Å². The highest BCUT2D eigenvalue weighted by molar-refractivity contribution is 9.09. The minimum absolute atomic E-state index is 0.172. The van der Waals surface area contributed by atoms with Crippen LogP contribution in [0, 0.1) is 11.3 Å².